The lowest BCUT2D eigenvalue weighted by Crippen LogP contribution is -2.64. The van der Waals surface area contributed by atoms with Gasteiger partial charge in [-0.25, -0.2) is 9.59 Å². The predicted molar refractivity (Wildman–Crippen MR) is 97.3 cm³/mol. The van der Waals surface area contributed by atoms with Gasteiger partial charge >= 0.3 is 12.0 Å². The summed E-state index contributed by atoms with van der Waals surface area (Å²) in [7, 11) is 0. The van der Waals surface area contributed by atoms with Crippen molar-refractivity contribution in [1.29, 1.82) is 0 Å². The third-order valence-corrected chi connectivity index (χ3v) is 5.32. The van der Waals surface area contributed by atoms with Crippen molar-refractivity contribution in [3.8, 4) is 0 Å². The SMILES string of the molecule is CCOC(=O)C1=C(C)NC(=O)NC1[C@H]1O[C@@H]2OC(C)(C)O[C@@H]2[C@H]2OC(C)(C)O[C@H]21. The van der Waals surface area contributed by atoms with Gasteiger partial charge in [-0.1, -0.05) is 0 Å². The number of fused-ring (bicyclic) bond motifs is 3. The van der Waals surface area contributed by atoms with Crippen LogP contribution in [0.2, 0.25) is 0 Å². The van der Waals surface area contributed by atoms with Gasteiger partial charge < -0.3 is 39.1 Å². The molecule has 3 saturated heterocycles. The predicted octanol–water partition coefficient (Wildman–Crippen LogP) is 0.901. The highest BCUT2D eigenvalue weighted by molar-refractivity contribution is 5.94. The van der Waals surface area contributed by atoms with E-state index in [1.807, 2.05) is 0 Å². The first-order valence-electron chi connectivity index (χ1n) is 9.83. The van der Waals surface area contributed by atoms with E-state index in [1.54, 1.807) is 41.5 Å². The van der Waals surface area contributed by atoms with Crippen LogP contribution in [0.4, 0.5) is 4.79 Å². The van der Waals surface area contributed by atoms with E-state index in [9.17, 15) is 9.59 Å². The highest BCUT2D eigenvalue weighted by atomic mass is 16.9. The third-order valence-electron chi connectivity index (χ3n) is 5.32. The molecule has 0 aromatic rings. The average molecular weight is 412 g/mol. The largest absolute Gasteiger partial charge is 0.463 e. The van der Waals surface area contributed by atoms with Crippen molar-refractivity contribution in [1.82, 2.24) is 10.6 Å². The summed E-state index contributed by atoms with van der Waals surface area (Å²) in [4.78, 5) is 24.9. The van der Waals surface area contributed by atoms with E-state index >= 15 is 0 Å². The molecule has 10 heteroatoms. The number of hydrogen-bond donors (Lipinski definition) is 2. The Morgan fingerprint density at radius 1 is 1.00 bits per heavy atom. The van der Waals surface area contributed by atoms with E-state index in [0.29, 0.717) is 5.70 Å². The number of rotatable bonds is 3. The highest BCUT2D eigenvalue weighted by Crippen LogP contribution is 2.45. The van der Waals surface area contributed by atoms with E-state index in [4.69, 9.17) is 28.4 Å². The van der Waals surface area contributed by atoms with E-state index in [0.717, 1.165) is 0 Å². The maximum atomic E-state index is 12.7. The molecule has 4 aliphatic heterocycles. The van der Waals surface area contributed by atoms with Gasteiger partial charge in [-0.15, -0.1) is 0 Å². The Bertz CT molecular complexity index is 748. The second-order valence-corrected chi connectivity index (χ2v) is 8.47. The fourth-order valence-electron chi connectivity index (χ4n) is 4.37. The first kappa shape index (κ1) is 20.5. The van der Waals surface area contributed by atoms with Crippen molar-refractivity contribution in [2.75, 3.05) is 6.61 Å². The lowest BCUT2D eigenvalue weighted by atomic mass is 9.88. The molecule has 4 rings (SSSR count). The number of hydrogen-bond acceptors (Lipinski definition) is 8. The molecule has 3 fully saturated rings. The summed E-state index contributed by atoms with van der Waals surface area (Å²) < 4.78 is 35.6. The van der Waals surface area contributed by atoms with Gasteiger partial charge in [0.25, 0.3) is 0 Å². The molecule has 29 heavy (non-hydrogen) atoms. The van der Waals surface area contributed by atoms with Crippen molar-refractivity contribution in [3.05, 3.63) is 11.3 Å². The topological polar surface area (TPSA) is 114 Å². The molecule has 0 spiro atoms. The molecule has 0 aliphatic carbocycles. The minimum Gasteiger partial charge on any atom is -0.463 e. The van der Waals surface area contributed by atoms with Crippen LogP contribution in [-0.4, -0.2) is 66.9 Å². The second kappa shape index (κ2) is 6.92. The maximum absolute atomic E-state index is 12.7. The Labute approximate surface area is 169 Å². The molecular weight excluding hydrogens is 384 g/mol. The molecule has 2 amide bonds. The third kappa shape index (κ3) is 3.64. The fourth-order valence-corrected chi connectivity index (χ4v) is 4.37. The Morgan fingerprint density at radius 2 is 1.59 bits per heavy atom. The lowest BCUT2D eigenvalue weighted by molar-refractivity contribution is -0.237. The van der Waals surface area contributed by atoms with Crippen LogP contribution < -0.4 is 10.6 Å². The Balaban J connectivity index is 1.71. The van der Waals surface area contributed by atoms with Gasteiger partial charge in [-0.3, -0.25) is 0 Å². The Morgan fingerprint density at radius 3 is 2.24 bits per heavy atom. The molecule has 0 aromatic carbocycles. The molecule has 6 atom stereocenters. The number of carbonyl (C=O) groups is 2. The van der Waals surface area contributed by atoms with Crippen molar-refractivity contribution < 1.29 is 38.0 Å². The number of ether oxygens (including phenoxy) is 6. The van der Waals surface area contributed by atoms with Gasteiger partial charge in [0, 0.05) is 5.70 Å². The smallest absolute Gasteiger partial charge is 0.337 e. The summed E-state index contributed by atoms with van der Waals surface area (Å²) >= 11 is 0. The van der Waals surface area contributed by atoms with Gasteiger partial charge in [0.2, 0.25) is 0 Å². The standard InChI is InChI=1S/C19H28N2O8/c1-7-24-15(22)9-8(2)20-17(23)21-10(9)11-12-13(27-18(3,4)26-12)14-16(25-11)29-19(5,6)28-14/h10-14,16H,7H2,1-6H3,(H2,20,21,23)/t10?,11-,12+,13+,14-,16-/m1/s1. The molecule has 2 N–H and O–H groups in total. The molecule has 10 nitrogen and oxygen atoms in total. The molecule has 4 heterocycles. The number of allylic oxidation sites excluding steroid dienone is 1. The zero-order chi connectivity index (χ0) is 21.1. The number of nitrogens with one attached hydrogen (secondary N) is 2. The van der Waals surface area contributed by atoms with Crippen LogP contribution in [0, 0.1) is 0 Å². The summed E-state index contributed by atoms with van der Waals surface area (Å²) in [5.74, 6) is -2.29. The number of esters is 1. The lowest BCUT2D eigenvalue weighted by Gasteiger charge is -2.42. The van der Waals surface area contributed by atoms with Crippen LogP contribution in [0.3, 0.4) is 0 Å². The van der Waals surface area contributed by atoms with Crippen LogP contribution in [0.25, 0.3) is 0 Å². The van der Waals surface area contributed by atoms with E-state index in [-0.39, 0.29) is 12.2 Å². The molecule has 0 saturated carbocycles. The van der Waals surface area contributed by atoms with Crippen LogP contribution in [0.1, 0.15) is 41.5 Å². The number of carbonyl (C=O) groups excluding carboxylic acids is 2. The normalized spacial score (nSPS) is 40.0. The summed E-state index contributed by atoms with van der Waals surface area (Å²) in [5, 5.41) is 5.40. The van der Waals surface area contributed by atoms with Gasteiger partial charge in [-0.2, -0.15) is 0 Å². The van der Waals surface area contributed by atoms with Crippen molar-refractivity contribution in [2.45, 2.75) is 89.9 Å². The molecule has 0 bridgehead atoms. The fraction of sp³-hybridized carbons (Fsp3) is 0.789. The Hall–Kier alpha value is -1.72. The zero-order valence-corrected chi connectivity index (χ0v) is 17.4. The van der Waals surface area contributed by atoms with E-state index in [2.05, 4.69) is 10.6 Å². The summed E-state index contributed by atoms with van der Waals surface area (Å²) in [5.41, 5.74) is 0.682. The van der Waals surface area contributed by atoms with Crippen molar-refractivity contribution in [2.24, 2.45) is 0 Å². The highest BCUT2D eigenvalue weighted by Gasteiger charge is 2.62. The quantitative estimate of drug-likeness (QED) is 0.658. The minimum absolute atomic E-state index is 0.205. The molecule has 0 aromatic heterocycles. The molecule has 1 unspecified atom stereocenters. The van der Waals surface area contributed by atoms with E-state index in [1.165, 1.54) is 0 Å². The first-order chi connectivity index (χ1) is 13.5. The van der Waals surface area contributed by atoms with Gasteiger partial charge in [0.1, 0.15) is 24.4 Å². The molecule has 162 valence electrons. The van der Waals surface area contributed by atoms with Crippen LogP contribution in [0.5, 0.6) is 0 Å². The maximum Gasteiger partial charge on any atom is 0.337 e. The summed E-state index contributed by atoms with van der Waals surface area (Å²) in [6, 6.07) is -1.24. The number of amides is 2. The zero-order valence-electron chi connectivity index (χ0n) is 17.4. The van der Waals surface area contributed by atoms with Gasteiger partial charge in [-0.05, 0) is 41.5 Å². The molecule has 0 radical (unpaired) electrons. The second-order valence-electron chi connectivity index (χ2n) is 8.47. The van der Waals surface area contributed by atoms with Crippen LogP contribution in [0.15, 0.2) is 11.3 Å². The van der Waals surface area contributed by atoms with Crippen LogP contribution in [-0.2, 0) is 33.2 Å². The minimum atomic E-state index is -0.887. The summed E-state index contributed by atoms with van der Waals surface area (Å²) in [6.45, 7) is 10.8. The van der Waals surface area contributed by atoms with Crippen molar-refractivity contribution >= 4 is 12.0 Å². The molecule has 4 aliphatic rings. The molecular formula is C19H28N2O8. The van der Waals surface area contributed by atoms with Crippen LogP contribution >= 0.6 is 0 Å². The first-order valence-corrected chi connectivity index (χ1v) is 9.83. The van der Waals surface area contributed by atoms with Gasteiger partial charge in [0.15, 0.2) is 17.9 Å². The monoisotopic (exact) mass is 412 g/mol. The average Bonchev–Trinajstić information content (AvgIpc) is 3.07. The Kier molecular flexibility index (Phi) is 4.90. The van der Waals surface area contributed by atoms with E-state index < -0.39 is 60.3 Å². The van der Waals surface area contributed by atoms with Crippen molar-refractivity contribution in [3.63, 3.8) is 0 Å². The van der Waals surface area contributed by atoms with Gasteiger partial charge in [0.05, 0.1) is 18.2 Å². The summed E-state index contributed by atoms with van der Waals surface area (Å²) in [6.07, 6.45) is -3.07. The number of urea groups is 1.